The summed E-state index contributed by atoms with van der Waals surface area (Å²) in [7, 11) is 0. The average Bonchev–Trinajstić information content (AvgIpc) is 3.49. The number of nitrogens with one attached hydrogen (secondary N) is 1. The van der Waals surface area contributed by atoms with Crippen molar-refractivity contribution in [1.82, 2.24) is 15.1 Å². The van der Waals surface area contributed by atoms with Crippen molar-refractivity contribution in [3.63, 3.8) is 0 Å². The maximum absolute atomic E-state index is 13.2. The van der Waals surface area contributed by atoms with E-state index in [1.165, 1.54) is 11.3 Å². The molecule has 0 saturated carbocycles. The van der Waals surface area contributed by atoms with Gasteiger partial charge >= 0.3 is 0 Å². The minimum absolute atomic E-state index is 0.0202. The number of thiophene rings is 1. The fraction of sp³-hybridized carbons (Fsp3) is 0.167. The molecule has 31 heavy (non-hydrogen) atoms. The van der Waals surface area contributed by atoms with Gasteiger partial charge in [0.25, 0.3) is 0 Å². The fourth-order valence-corrected chi connectivity index (χ4v) is 5.21. The smallest absolute Gasteiger partial charge is 0.231 e. The molecular weight excluding hydrogens is 410 g/mol. The zero-order valence-corrected chi connectivity index (χ0v) is 17.7. The Kier molecular flexibility index (Phi) is 4.11. The van der Waals surface area contributed by atoms with E-state index in [1.54, 1.807) is 6.08 Å². The standard InChI is InChI=1S/C24H19N3O3S/c1-14-17-11-23(31-24(17)27(26-14)16-5-3-2-4-6-16)20(28)12-19-18-10-22-21(29-13-30-22)9-15(18)7-8-25-19/h2-6,9-12,25H,7-8,13H2,1H3. The molecule has 0 amide bonds. The first kappa shape index (κ1) is 18.2. The van der Waals surface area contributed by atoms with Crippen LogP contribution in [0.3, 0.4) is 0 Å². The fourth-order valence-electron chi connectivity index (χ4n) is 4.11. The Hall–Kier alpha value is -3.58. The number of para-hydroxylation sites is 1. The van der Waals surface area contributed by atoms with Gasteiger partial charge in [-0.3, -0.25) is 4.79 Å². The van der Waals surface area contributed by atoms with Crippen molar-refractivity contribution in [3.05, 3.63) is 76.3 Å². The lowest BCUT2D eigenvalue weighted by Crippen LogP contribution is -2.23. The number of aromatic nitrogens is 2. The summed E-state index contributed by atoms with van der Waals surface area (Å²) in [4.78, 5) is 14.9. The second-order valence-corrected chi connectivity index (χ2v) is 8.65. The molecule has 0 saturated heterocycles. The first-order valence-electron chi connectivity index (χ1n) is 10.1. The number of nitrogens with zero attached hydrogens (tertiary/aromatic N) is 2. The average molecular weight is 430 g/mol. The summed E-state index contributed by atoms with van der Waals surface area (Å²) in [5.74, 6) is 1.48. The number of aryl methyl sites for hydroxylation is 1. The summed E-state index contributed by atoms with van der Waals surface area (Å²) in [6, 6.07) is 15.9. The third kappa shape index (κ3) is 3.00. The van der Waals surface area contributed by atoms with Crippen LogP contribution in [0.15, 0.2) is 54.6 Å². The Morgan fingerprint density at radius 1 is 1.16 bits per heavy atom. The summed E-state index contributed by atoms with van der Waals surface area (Å²) in [6.07, 6.45) is 2.58. The van der Waals surface area contributed by atoms with Crippen molar-refractivity contribution < 1.29 is 14.3 Å². The first-order valence-corrected chi connectivity index (χ1v) is 11.0. The van der Waals surface area contributed by atoms with Gasteiger partial charge in [-0.05, 0) is 49.2 Å². The van der Waals surface area contributed by atoms with E-state index in [0.717, 1.165) is 62.9 Å². The molecule has 2 aliphatic heterocycles. The van der Waals surface area contributed by atoms with Crippen molar-refractivity contribution in [3.8, 4) is 17.2 Å². The molecule has 7 heteroatoms. The summed E-state index contributed by atoms with van der Waals surface area (Å²) < 4.78 is 12.9. The lowest BCUT2D eigenvalue weighted by molar-refractivity contribution is 0.105. The molecule has 1 N–H and O–H groups in total. The molecule has 2 aliphatic rings. The molecule has 0 unspecified atom stereocenters. The first-order chi connectivity index (χ1) is 15.2. The number of carbonyl (C=O) groups excluding carboxylic acids is 1. The Labute approximate surface area is 182 Å². The molecule has 0 fully saturated rings. The van der Waals surface area contributed by atoms with Gasteiger partial charge in [-0.1, -0.05) is 18.2 Å². The maximum atomic E-state index is 13.2. The number of hydrogen-bond acceptors (Lipinski definition) is 6. The van der Waals surface area contributed by atoms with Crippen molar-refractivity contribution >= 4 is 33.0 Å². The number of benzene rings is 2. The number of allylic oxidation sites excluding steroid dienone is 1. The van der Waals surface area contributed by atoms with E-state index < -0.39 is 0 Å². The molecule has 154 valence electrons. The molecule has 0 radical (unpaired) electrons. The number of hydrogen-bond donors (Lipinski definition) is 1. The van der Waals surface area contributed by atoms with Crippen LogP contribution in [-0.4, -0.2) is 28.9 Å². The molecule has 6 rings (SSSR count). The molecule has 0 aliphatic carbocycles. The topological polar surface area (TPSA) is 65.4 Å². The Balaban J connectivity index is 1.39. The molecule has 2 aromatic heterocycles. The van der Waals surface area contributed by atoms with E-state index >= 15 is 0 Å². The summed E-state index contributed by atoms with van der Waals surface area (Å²) in [5.41, 5.74) is 4.88. The van der Waals surface area contributed by atoms with Gasteiger partial charge in [-0.2, -0.15) is 5.10 Å². The van der Waals surface area contributed by atoms with E-state index in [0.29, 0.717) is 4.88 Å². The van der Waals surface area contributed by atoms with Gasteiger partial charge < -0.3 is 14.8 Å². The lowest BCUT2D eigenvalue weighted by Gasteiger charge is -2.21. The monoisotopic (exact) mass is 429 g/mol. The van der Waals surface area contributed by atoms with E-state index in [1.807, 2.05) is 60.1 Å². The molecule has 0 atom stereocenters. The largest absolute Gasteiger partial charge is 0.454 e. The predicted octanol–water partition coefficient (Wildman–Crippen LogP) is 4.49. The molecule has 0 bridgehead atoms. The third-order valence-corrected chi connectivity index (χ3v) is 6.79. The minimum Gasteiger partial charge on any atom is -0.454 e. The van der Waals surface area contributed by atoms with Crippen LogP contribution in [0.5, 0.6) is 11.5 Å². The van der Waals surface area contributed by atoms with Gasteiger partial charge in [-0.25, -0.2) is 4.68 Å². The van der Waals surface area contributed by atoms with Crippen LogP contribution in [0, 0.1) is 6.92 Å². The van der Waals surface area contributed by atoms with Gasteiger partial charge in [0.15, 0.2) is 17.3 Å². The van der Waals surface area contributed by atoms with E-state index in [4.69, 9.17) is 9.47 Å². The summed E-state index contributed by atoms with van der Waals surface area (Å²) >= 11 is 1.47. The predicted molar refractivity (Wildman–Crippen MR) is 120 cm³/mol. The SMILES string of the molecule is Cc1nn(-c2ccccc2)c2sc(C(=O)C=C3NCCc4cc5c(cc43)OCO5)cc12. The zero-order valence-electron chi connectivity index (χ0n) is 16.8. The molecule has 4 aromatic rings. The highest BCUT2D eigenvalue weighted by molar-refractivity contribution is 7.20. The van der Waals surface area contributed by atoms with Crippen LogP contribution in [-0.2, 0) is 6.42 Å². The number of rotatable bonds is 3. The highest BCUT2D eigenvalue weighted by atomic mass is 32.1. The van der Waals surface area contributed by atoms with Gasteiger partial charge in [-0.15, -0.1) is 11.3 Å². The third-order valence-electron chi connectivity index (χ3n) is 5.66. The van der Waals surface area contributed by atoms with Crippen molar-refractivity contribution in [2.75, 3.05) is 13.3 Å². The van der Waals surface area contributed by atoms with Crippen LogP contribution in [0.4, 0.5) is 0 Å². The van der Waals surface area contributed by atoms with Gasteiger partial charge in [0.05, 0.1) is 16.3 Å². The van der Waals surface area contributed by atoms with Gasteiger partial charge in [0.1, 0.15) is 4.83 Å². The highest BCUT2D eigenvalue weighted by Gasteiger charge is 2.23. The normalized spacial score (nSPS) is 15.8. The Morgan fingerprint density at radius 2 is 1.97 bits per heavy atom. The summed E-state index contributed by atoms with van der Waals surface area (Å²) in [5, 5.41) is 9.05. The van der Waals surface area contributed by atoms with Crippen molar-refractivity contribution in [2.24, 2.45) is 0 Å². The quantitative estimate of drug-likeness (QED) is 0.384. The molecule has 6 nitrogen and oxygen atoms in total. The second-order valence-electron chi connectivity index (χ2n) is 7.62. The van der Waals surface area contributed by atoms with Crippen LogP contribution >= 0.6 is 11.3 Å². The number of carbonyl (C=O) groups is 1. The Bertz CT molecular complexity index is 1370. The van der Waals surface area contributed by atoms with Gasteiger partial charge in [0.2, 0.25) is 6.79 Å². The van der Waals surface area contributed by atoms with Crippen LogP contribution < -0.4 is 14.8 Å². The molecule has 2 aromatic carbocycles. The number of ketones is 1. The highest BCUT2D eigenvalue weighted by Crippen LogP contribution is 2.38. The van der Waals surface area contributed by atoms with E-state index in [-0.39, 0.29) is 12.6 Å². The zero-order chi connectivity index (χ0) is 20.9. The second kappa shape index (κ2) is 6.99. The molecule has 0 spiro atoms. The van der Waals surface area contributed by atoms with Crippen LogP contribution in [0.25, 0.3) is 21.6 Å². The maximum Gasteiger partial charge on any atom is 0.231 e. The van der Waals surface area contributed by atoms with Crippen molar-refractivity contribution in [1.29, 1.82) is 0 Å². The number of ether oxygens (including phenoxy) is 2. The Morgan fingerprint density at radius 3 is 2.81 bits per heavy atom. The number of fused-ring (bicyclic) bond motifs is 3. The lowest BCUT2D eigenvalue weighted by atomic mass is 9.96. The molecular formula is C24H19N3O3S. The van der Waals surface area contributed by atoms with E-state index in [2.05, 4.69) is 10.4 Å². The summed E-state index contributed by atoms with van der Waals surface area (Å²) in [6.45, 7) is 2.99. The minimum atomic E-state index is -0.0202. The molecule has 4 heterocycles. The van der Waals surface area contributed by atoms with Crippen LogP contribution in [0.2, 0.25) is 0 Å². The van der Waals surface area contributed by atoms with Crippen molar-refractivity contribution in [2.45, 2.75) is 13.3 Å². The van der Waals surface area contributed by atoms with E-state index in [9.17, 15) is 4.79 Å². The van der Waals surface area contributed by atoms with Gasteiger partial charge in [0, 0.05) is 29.3 Å². The van der Waals surface area contributed by atoms with Crippen LogP contribution in [0.1, 0.15) is 26.5 Å².